The molecule has 0 saturated carbocycles. The lowest BCUT2D eigenvalue weighted by Crippen LogP contribution is -2.39. The van der Waals surface area contributed by atoms with Gasteiger partial charge in [-0.1, -0.05) is 30.3 Å². The largest absolute Gasteiger partial charge is 0.358 e. The van der Waals surface area contributed by atoms with Crippen LogP contribution < -0.4 is 10.6 Å². The van der Waals surface area contributed by atoms with Crippen LogP contribution in [-0.4, -0.2) is 27.7 Å². The Labute approximate surface area is 139 Å². The van der Waals surface area contributed by atoms with Gasteiger partial charge in [-0.2, -0.15) is 4.98 Å². The number of hydrogen-bond donors (Lipinski definition) is 3. The quantitative estimate of drug-likeness (QED) is 0.648. The van der Waals surface area contributed by atoms with E-state index in [0.29, 0.717) is 24.7 Å². The van der Waals surface area contributed by atoms with Crippen molar-refractivity contribution >= 4 is 16.9 Å². The third-order valence-electron chi connectivity index (χ3n) is 3.83. The van der Waals surface area contributed by atoms with Crippen LogP contribution in [0.15, 0.2) is 34.9 Å². The van der Waals surface area contributed by atoms with Gasteiger partial charge in [0.05, 0.1) is 6.04 Å². The van der Waals surface area contributed by atoms with Gasteiger partial charge in [0.1, 0.15) is 0 Å². The molecule has 0 radical (unpaired) electrons. The zero-order chi connectivity index (χ0) is 16.9. The van der Waals surface area contributed by atoms with Gasteiger partial charge in [-0.25, -0.2) is 4.79 Å². The van der Waals surface area contributed by atoms with Crippen molar-refractivity contribution in [3.8, 4) is 0 Å². The fourth-order valence-electron chi connectivity index (χ4n) is 2.59. The first-order chi connectivity index (χ1) is 11.7. The molecule has 3 aromatic rings. The van der Waals surface area contributed by atoms with E-state index < -0.39 is 0 Å². The summed E-state index contributed by atoms with van der Waals surface area (Å²) < 4.78 is 4.96. The summed E-state index contributed by atoms with van der Waals surface area (Å²) >= 11 is 0. The van der Waals surface area contributed by atoms with Crippen LogP contribution in [0, 0.1) is 6.92 Å². The number of benzene rings is 1. The summed E-state index contributed by atoms with van der Waals surface area (Å²) in [4.78, 5) is 19.5. The molecule has 1 aromatic carbocycles. The molecule has 2 aromatic heterocycles. The number of urea groups is 1. The Balaban J connectivity index is 1.49. The molecule has 7 heteroatoms. The number of aryl methyl sites for hydroxylation is 1. The highest BCUT2D eigenvalue weighted by atomic mass is 16.5. The van der Waals surface area contributed by atoms with E-state index >= 15 is 0 Å². The lowest BCUT2D eigenvalue weighted by molar-refractivity contribution is 0.236. The van der Waals surface area contributed by atoms with E-state index in [4.69, 9.17) is 4.52 Å². The molecule has 1 atom stereocenters. The highest BCUT2D eigenvalue weighted by Crippen LogP contribution is 2.15. The van der Waals surface area contributed by atoms with Gasteiger partial charge in [-0.05, 0) is 23.9 Å². The highest BCUT2D eigenvalue weighted by molar-refractivity contribution is 5.80. The van der Waals surface area contributed by atoms with E-state index in [1.165, 1.54) is 5.39 Å². The molecule has 0 bridgehead atoms. The van der Waals surface area contributed by atoms with E-state index in [1.54, 1.807) is 6.92 Å². The summed E-state index contributed by atoms with van der Waals surface area (Å²) in [5, 5.41) is 10.8. The van der Waals surface area contributed by atoms with E-state index in [-0.39, 0.29) is 12.1 Å². The normalized spacial score (nSPS) is 12.2. The van der Waals surface area contributed by atoms with Gasteiger partial charge in [0.15, 0.2) is 5.82 Å². The van der Waals surface area contributed by atoms with Crippen molar-refractivity contribution in [2.75, 3.05) is 6.54 Å². The van der Waals surface area contributed by atoms with Crippen LogP contribution in [-0.2, 0) is 6.42 Å². The minimum Gasteiger partial charge on any atom is -0.358 e. The van der Waals surface area contributed by atoms with Crippen LogP contribution in [0.1, 0.15) is 36.8 Å². The first kappa shape index (κ1) is 16.0. The molecule has 3 rings (SSSR count). The van der Waals surface area contributed by atoms with Gasteiger partial charge in [-0.3, -0.25) is 0 Å². The van der Waals surface area contributed by atoms with E-state index in [2.05, 4.69) is 37.9 Å². The van der Waals surface area contributed by atoms with Gasteiger partial charge in [0.2, 0.25) is 5.89 Å². The summed E-state index contributed by atoms with van der Waals surface area (Å²) in [6.45, 7) is 4.23. The smallest absolute Gasteiger partial charge is 0.315 e. The van der Waals surface area contributed by atoms with Gasteiger partial charge in [0, 0.05) is 31.1 Å². The summed E-state index contributed by atoms with van der Waals surface area (Å²) in [6.07, 6.45) is 1.43. The number of nitrogens with one attached hydrogen (secondary N) is 3. The standard InChI is InChI=1S/C17H21N5O2/c1-3-14(16-19-11(2)24-22-16)21-17(23)18-9-8-13-10-12-6-4-5-7-15(12)20-13/h4-7,10,14,20H,3,8-9H2,1-2H3,(H2,18,21,23)/t14-/m0/s1. The summed E-state index contributed by atoms with van der Waals surface area (Å²) in [6, 6.07) is 9.73. The maximum absolute atomic E-state index is 12.0. The van der Waals surface area contributed by atoms with Gasteiger partial charge in [-0.15, -0.1) is 0 Å². The number of nitrogens with zero attached hydrogens (tertiary/aromatic N) is 2. The summed E-state index contributed by atoms with van der Waals surface area (Å²) in [5.74, 6) is 0.991. The Morgan fingerprint density at radius 1 is 1.38 bits per heavy atom. The molecule has 0 spiro atoms. The third kappa shape index (κ3) is 3.73. The number of carbonyl (C=O) groups is 1. The van der Waals surface area contributed by atoms with Crippen LogP contribution >= 0.6 is 0 Å². The molecule has 0 aliphatic rings. The van der Waals surface area contributed by atoms with Crippen molar-refractivity contribution in [3.05, 3.63) is 47.7 Å². The lowest BCUT2D eigenvalue weighted by Gasteiger charge is -2.13. The number of hydrogen-bond acceptors (Lipinski definition) is 4. The molecular weight excluding hydrogens is 306 g/mol. The lowest BCUT2D eigenvalue weighted by atomic mass is 10.2. The van der Waals surface area contributed by atoms with Crippen molar-refractivity contribution in [1.82, 2.24) is 25.8 Å². The Morgan fingerprint density at radius 2 is 2.21 bits per heavy atom. The molecule has 24 heavy (non-hydrogen) atoms. The molecule has 126 valence electrons. The molecule has 7 nitrogen and oxygen atoms in total. The van der Waals surface area contributed by atoms with Crippen LogP contribution in [0.3, 0.4) is 0 Å². The Hall–Kier alpha value is -2.83. The predicted molar refractivity (Wildman–Crippen MR) is 90.6 cm³/mol. The van der Waals surface area contributed by atoms with Gasteiger partial charge >= 0.3 is 6.03 Å². The molecule has 0 unspecified atom stereocenters. The van der Waals surface area contributed by atoms with Crippen molar-refractivity contribution in [2.24, 2.45) is 0 Å². The molecular formula is C17H21N5O2. The molecule has 0 saturated heterocycles. The number of amides is 2. The van der Waals surface area contributed by atoms with Crippen LogP contribution in [0.25, 0.3) is 10.9 Å². The number of fused-ring (bicyclic) bond motifs is 1. The maximum Gasteiger partial charge on any atom is 0.315 e. The van der Waals surface area contributed by atoms with E-state index in [1.807, 2.05) is 25.1 Å². The van der Waals surface area contributed by atoms with Gasteiger partial charge in [0.25, 0.3) is 0 Å². The van der Waals surface area contributed by atoms with E-state index in [9.17, 15) is 4.79 Å². The second kappa shape index (κ2) is 7.16. The number of carbonyl (C=O) groups excluding carboxylic acids is 1. The monoisotopic (exact) mass is 327 g/mol. The molecule has 3 N–H and O–H groups in total. The van der Waals surface area contributed by atoms with Crippen molar-refractivity contribution in [3.63, 3.8) is 0 Å². The number of H-pyrrole nitrogens is 1. The van der Waals surface area contributed by atoms with Crippen LogP contribution in [0.4, 0.5) is 4.79 Å². The minimum atomic E-state index is -0.254. The molecule has 0 aliphatic heterocycles. The zero-order valence-electron chi connectivity index (χ0n) is 13.8. The Morgan fingerprint density at radius 3 is 2.92 bits per heavy atom. The van der Waals surface area contributed by atoms with Crippen molar-refractivity contribution < 1.29 is 9.32 Å². The van der Waals surface area contributed by atoms with Gasteiger partial charge < -0.3 is 20.1 Å². The second-order valence-corrected chi connectivity index (χ2v) is 5.66. The predicted octanol–water partition coefficient (Wildman–Crippen LogP) is 2.85. The van der Waals surface area contributed by atoms with Crippen LogP contribution in [0.2, 0.25) is 0 Å². The third-order valence-corrected chi connectivity index (χ3v) is 3.83. The molecule has 2 heterocycles. The number of aromatic amines is 1. The molecule has 2 amide bonds. The van der Waals surface area contributed by atoms with Crippen molar-refractivity contribution in [1.29, 1.82) is 0 Å². The number of rotatable bonds is 6. The SMILES string of the molecule is CC[C@H](NC(=O)NCCc1cc2ccccc2[nH]1)c1noc(C)n1. The summed E-state index contributed by atoms with van der Waals surface area (Å²) in [7, 11) is 0. The average molecular weight is 327 g/mol. The molecule has 0 fully saturated rings. The first-order valence-electron chi connectivity index (χ1n) is 8.07. The first-order valence-corrected chi connectivity index (χ1v) is 8.07. The second-order valence-electron chi connectivity index (χ2n) is 5.66. The number of aromatic nitrogens is 3. The minimum absolute atomic E-state index is 0.236. The Kier molecular flexibility index (Phi) is 4.79. The van der Waals surface area contributed by atoms with E-state index in [0.717, 1.165) is 17.6 Å². The summed E-state index contributed by atoms with van der Waals surface area (Å²) in [5.41, 5.74) is 2.20. The van der Waals surface area contributed by atoms with Crippen molar-refractivity contribution in [2.45, 2.75) is 32.7 Å². The Bertz CT molecular complexity index is 790. The molecule has 0 aliphatic carbocycles. The fraction of sp³-hybridized carbons (Fsp3) is 0.353. The maximum atomic E-state index is 12.0. The highest BCUT2D eigenvalue weighted by Gasteiger charge is 2.17. The van der Waals surface area contributed by atoms with Crippen LogP contribution in [0.5, 0.6) is 0 Å². The average Bonchev–Trinajstić information content (AvgIpc) is 3.18. The zero-order valence-corrected chi connectivity index (χ0v) is 13.8. The fourth-order valence-corrected chi connectivity index (χ4v) is 2.59. The number of para-hydroxylation sites is 1. The topological polar surface area (TPSA) is 95.8 Å².